The monoisotopic (exact) mass is 488 g/mol. The second kappa shape index (κ2) is 11.5. The van der Waals surface area contributed by atoms with E-state index in [2.05, 4.69) is 4.72 Å². The number of rotatable bonds is 9. The van der Waals surface area contributed by atoms with Gasteiger partial charge in [0.05, 0.1) is 24.5 Å². The number of sulfonamides is 1. The van der Waals surface area contributed by atoms with Crippen LogP contribution in [0.2, 0.25) is 0 Å². The molecular formula is C25H32N2O6S. The Morgan fingerprint density at radius 3 is 2.38 bits per heavy atom. The summed E-state index contributed by atoms with van der Waals surface area (Å²) in [5.74, 6) is -0.207. The largest absolute Gasteiger partial charge is 0.496 e. The Hall–Kier alpha value is -2.91. The minimum absolute atomic E-state index is 0.0673. The van der Waals surface area contributed by atoms with Gasteiger partial charge in [-0.2, -0.15) is 4.72 Å². The van der Waals surface area contributed by atoms with E-state index in [9.17, 15) is 18.0 Å². The van der Waals surface area contributed by atoms with Gasteiger partial charge in [0.1, 0.15) is 11.8 Å². The molecule has 1 heterocycles. The van der Waals surface area contributed by atoms with Gasteiger partial charge in [-0.3, -0.25) is 9.59 Å². The van der Waals surface area contributed by atoms with Gasteiger partial charge in [0.25, 0.3) is 0 Å². The van der Waals surface area contributed by atoms with Crippen molar-refractivity contribution in [2.75, 3.05) is 26.8 Å². The van der Waals surface area contributed by atoms with Crippen LogP contribution in [-0.2, 0) is 30.8 Å². The molecule has 34 heavy (non-hydrogen) atoms. The van der Waals surface area contributed by atoms with Gasteiger partial charge >= 0.3 is 5.97 Å². The first kappa shape index (κ1) is 25.7. The molecule has 0 unspecified atom stereocenters. The summed E-state index contributed by atoms with van der Waals surface area (Å²) in [6.07, 6.45) is 1.20. The number of amides is 1. The molecule has 184 valence electrons. The molecule has 1 atom stereocenters. The smallest absolute Gasteiger partial charge is 0.309 e. The van der Waals surface area contributed by atoms with E-state index >= 15 is 0 Å². The zero-order chi connectivity index (χ0) is 24.7. The molecule has 0 saturated carbocycles. The fourth-order valence-corrected chi connectivity index (χ4v) is 5.39. The number of methoxy groups -OCH3 is 1. The van der Waals surface area contributed by atoms with E-state index in [1.165, 1.54) is 19.2 Å². The highest BCUT2D eigenvalue weighted by atomic mass is 32.2. The molecule has 3 rings (SSSR count). The molecule has 0 bridgehead atoms. The number of carbonyl (C=O) groups excluding carboxylic acids is 2. The van der Waals surface area contributed by atoms with E-state index in [1.807, 2.05) is 30.3 Å². The van der Waals surface area contributed by atoms with Gasteiger partial charge < -0.3 is 14.4 Å². The maximum absolute atomic E-state index is 13.4. The Morgan fingerprint density at radius 1 is 1.12 bits per heavy atom. The number of hydrogen-bond acceptors (Lipinski definition) is 6. The van der Waals surface area contributed by atoms with Crippen molar-refractivity contribution in [1.82, 2.24) is 9.62 Å². The van der Waals surface area contributed by atoms with Crippen LogP contribution in [0.5, 0.6) is 5.75 Å². The number of esters is 1. The number of hydrogen-bond donors (Lipinski definition) is 1. The van der Waals surface area contributed by atoms with E-state index in [-0.39, 0.29) is 29.1 Å². The summed E-state index contributed by atoms with van der Waals surface area (Å²) in [6, 6.07) is 12.9. The summed E-state index contributed by atoms with van der Waals surface area (Å²) in [6.45, 7) is 4.59. The number of ether oxygens (including phenoxy) is 2. The molecule has 8 nitrogen and oxygen atoms in total. The number of nitrogens with one attached hydrogen (secondary N) is 1. The Balaban J connectivity index is 1.79. The van der Waals surface area contributed by atoms with E-state index < -0.39 is 16.1 Å². The van der Waals surface area contributed by atoms with E-state index in [1.54, 1.807) is 24.8 Å². The number of nitrogens with zero attached hydrogens (tertiary/aromatic N) is 1. The second-order valence-corrected chi connectivity index (χ2v) is 10.1. The van der Waals surface area contributed by atoms with Gasteiger partial charge in [0.15, 0.2) is 0 Å². The average Bonchev–Trinajstić information content (AvgIpc) is 2.84. The van der Waals surface area contributed by atoms with Gasteiger partial charge in [0, 0.05) is 13.1 Å². The summed E-state index contributed by atoms with van der Waals surface area (Å²) in [5, 5.41) is 0. The summed E-state index contributed by atoms with van der Waals surface area (Å²) in [5.41, 5.74) is 1.52. The third-order valence-corrected chi connectivity index (χ3v) is 7.45. The molecule has 0 aromatic heterocycles. The zero-order valence-corrected chi connectivity index (χ0v) is 20.6. The van der Waals surface area contributed by atoms with Crippen molar-refractivity contribution in [2.24, 2.45) is 5.92 Å². The van der Waals surface area contributed by atoms with Crippen molar-refractivity contribution >= 4 is 21.9 Å². The molecule has 1 N–H and O–H groups in total. The van der Waals surface area contributed by atoms with Gasteiger partial charge in [-0.25, -0.2) is 8.42 Å². The minimum Gasteiger partial charge on any atom is -0.496 e. The third-order valence-electron chi connectivity index (χ3n) is 5.98. The van der Waals surface area contributed by atoms with Crippen LogP contribution in [0.25, 0.3) is 0 Å². The molecule has 9 heteroatoms. The predicted molar refractivity (Wildman–Crippen MR) is 128 cm³/mol. The fraction of sp³-hybridized carbons (Fsp3) is 0.440. The van der Waals surface area contributed by atoms with Crippen LogP contribution in [0.15, 0.2) is 53.4 Å². The summed E-state index contributed by atoms with van der Waals surface area (Å²) < 4.78 is 39.3. The number of piperidine rings is 1. The van der Waals surface area contributed by atoms with Crippen LogP contribution < -0.4 is 9.46 Å². The van der Waals surface area contributed by atoms with Crippen LogP contribution in [-0.4, -0.2) is 58.0 Å². The highest BCUT2D eigenvalue weighted by molar-refractivity contribution is 7.89. The number of likely N-dealkylation sites (tertiary alicyclic amines) is 1. The zero-order valence-electron chi connectivity index (χ0n) is 19.8. The lowest BCUT2D eigenvalue weighted by molar-refractivity contribution is -0.151. The predicted octanol–water partition coefficient (Wildman–Crippen LogP) is 2.69. The first-order valence-electron chi connectivity index (χ1n) is 11.4. The Labute approximate surface area is 201 Å². The van der Waals surface area contributed by atoms with Gasteiger partial charge in [-0.05, 0) is 62.4 Å². The highest BCUT2D eigenvalue weighted by Gasteiger charge is 2.33. The first-order valence-corrected chi connectivity index (χ1v) is 12.9. The van der Waals surface area contributed by atoms with Gasteiger partial charge in [-0.1, -0.05) is 30.3 Å². The molecule has 0 radical (unpaired) electrons. The lowest BCUT2D eigenvalue weighted by Crippen LogP contribution is -2.52. The lowest BCUT2D eigenvalue weighted by Gasteiger charge is -2.33. The molecule has 1 fully saturated rings. The van der Waals surface area contributed by atoms with Crippen LogP contribution >= 0.6 is 0 Å². The number of aryl methyl sites for hydroxylation is 1. The second-order valence-electron chi connectivity index (χ2n) is 8.35. The van der Waals surface area contributed by atoms with E-state index in [0.29, 0.717) is 43.9 Å². The van der Waals surface area contributed by atoms with Gasteiger partial charge in [0.2, 0.25) is 15.9 Å². The number of carbonyl (C=O) groups is 2. The molecule has 0 aliphatic carbocycles. The molecule has 0 spiro atoms. The average molecular weight is 489 g/mol. The van der Waals surface area contributed by atoms with E-state index in [4.69, 9.17) is 9.47 Å². The summed E-state index contributed by atoms with van der Waals surface area (Å²) in [4.78, 5) is 27.2. The normalized spacial score (nSPS) is 15.6. The fourth-order valence-electron chi connectivity index (χ4n) is 4.12. The Bertz CT molecular complexity index is 1100. The van der Waals surface area contributed by atoms with Gasteiger partial charge in [-0.15, -0.1) is 0 Å². The molecule has 2 aromatic rings. The van der Waals surface area contributed by atoms with Crippen LogP contribution in [0, 0.1) is 12.8 Å². The maximum atomic E-state index is 13.4. The van der Waals surface area contributed by atoms with Crippen LogP contribution in [0.4, 0.5) is 0 Å². The van der Waals surface area contributed by atoms with Crippen LogP contribution in [0.1, 0.15) is 30.9 Å². The summed E-state index contributed by atoms with van der Waals surface area (Å²) in [7, 11) is -2.45. The molecule has 1 amide bonds. The van der Waals surface area contributed by atoms with Crippen molar-refractivity contribution in [2.45, 2.75) is 44.0 Å². The maximum Gasteiger partial charge on any atom is 0.309 e. The van der Waals surface area contributed by atoms with Crippen molar-refractivity contribution < 1.29 is 27.5 Å². The Morgan fingerprint density at radius 2 is 1.79 bits per heavy atom. The topological polar surface area (TPSA) is 102 Å². The number of benzene rings is 2. The molecule has 1 aliphatic rings. The highest BCUT2D eigenvalue weighted by Crippen LogP contribution is 2.23. The third kappa shape index (κ3) is 6.36. The standard InChI is InChI=1S/C25H32N2O6S/c1-4-33-25(29)20-12-14-27(15-13-20)24(28)22(17-19-8-6-5-7-9-19)26-34(30,31)21-10-11-23(32-3)18(2)16-21/h5-11,16,20,22,26H,4,12-15,17H2,1-3H3/t22-/m1/s1. The molecular weight excluding hydrogens is 456 g/mol. The quantitative estimate of drug-likeness (QED) is 0.545. The van der Waals surface area contributed by atoms with E-state index in [0.717, 1.165) is 5.56 Å². The molecule has 2 aromatic carbocycles. The summed E-state index contributed by atoms with van der Waals surface area (Å²) >= 11 is 0. The SMILES string of the molecule is CCOC(=O)C1CCN(C(=O)[C@@H](Cc2ccccc2)NS(=O)(=O)c2ccc(OC)c(C)c2)CC1. The van der Waals surface area contributed by atoms with Crippen LogP contribution in [0.3, 0.4) is 0 Å². The Kier molecular flexibility index (Phi) is 8.68. The van der Waals surface area contributed by atoms with Crippen molar-refractivity contribution in [3.05, 3.63) is 59.7 Å². The van der Waals surface area contributed by atoms with Crippen molar-refractivity contribution in [3.63, 3.8) is 0 Å². The van der Waals surface area contributed by atoms with Crippen molar-refractivity contribution in [1.29, 1.82) is 0 Å². The minimum atomic E-state index is -3.97. The van der Waals surface area contributed by atoms with Crippen molar-refractivity contribution in [3.8, 4) is 5.75 Å². The lowest BCUT2D eigenvalue weighted by atomic mass is 9.96. The molecule has 1 saturated heterocycles. The molecule has 1 aliphatic heterocycles. The first-order chi connectivity index (χ1) is 16.2.